The predicted molar refractivity (Wildman–Crippen MR) is 108 cm³/mol. The van der Waals surface area contributed by atoms with Gasteiger partial charge in [0.25, 0.3) is 0 Å². The van der Waals surface area contributed by atoms with Crippen LogP contribution in [0.15, 0.2) is 54.6 Å². The number of rotatable bonds is 5. The van der Waals surface area contributed by atoms with Crippen molar-refractivity contribution in [1.29, 1.82) is 0 Å². The lowest BCUT2D eigenvalue weighted by Crippen LogP contribution is -3.13. The minimum absolute atomic E-state index is 0.801. The van der Waals surface area contributed by atoms with Crippen LogP contribution in [-0.4, -0.2) is 42.7 Å². The van der Waals surface area contributed by atoms with Gasteiger partial charge in [0.05, 0.1) is 26.2 Å². The Morgan fingerprint density at radius 1 is 1.00 bits per heavy atom. The zero-order chi connectivity index (χ0) is 17.5. The summed E-state index contributed by atoms with van der Waals surface area (Å²) in [5.41, 5.74) is 2.69. The molecule has 2 aromatic rings. The molecule has 5 heteroatoms. The Labute approximate surface area is 160 Å². The highest BCUT2D eigenvalue weighted by atomic mass is 35.5. The molecular formula is C20H25ClN3S+. The number of thiocarbonyl (C=S) groups is 1. The first-order valence-electron chi connectivity index (χ1n) is 8.85. The maximum atomic E-state index is 5.95. The van der Waals surface area contributed by atoms with Gasteiger partial charge in [-0.3, -0.25) is 0 Å². The minimum Gasteiger partial charge on any atom is -0.362 e. The number of quaternary nitrogens is 1. The van der Waals surface area contributed by atoms with E-state index in [1.165, 1.54) is 11.1 Å². The molecule has 0 radical (unpaired) electrons. The molecule has 0 bridgehead atoms. The van der Waals surface area contributed by atoms with Gasteiger partial charge in [-0.05, 0) is 36.3 Å². The summed E-state index contributed by atoms with van der Waals surface area (Å²) in [5, 5.41) is 5.10. The van der Waals surface area contributed by atoms with Crippen LogP contribution in [-0.2, 0) is 13.0 Å². The summed E-state index contributed by atoms with van der Waals surface area (Å²) in [6, 6.07) is 18.7. The topological polar surface area (TPSA) is 19.7 Å². The van der Waals surface area contributed by atoms with Crippen molar-refractivity contribution >= 4 is 28.9 Å². The second kappa shape index (κ2) is 9.18. The number of hydrogen-bond acceptors (Lipinski definition) is 1. The molecule has 1 saturated heterocycles. The van der Waals surface area contributed by atoms with Gasteiger partial charge in [-0.2, -0.15) is 0 Å². The first-order chi connectivity index (χ1) is 12.2. The van der Waals surface area contributed by atoms with Crippen LogP contribution in [0.4, 0.5) is 0 Å². The Kier molecular flexibility index (Phi) is 6.68. The third-order valence-corrected chi connectivity index (χ3v) is 5.31. The van der Waals surface area contributed by atoms with Crippen molar-refractivity contribution in [2.24, 2.45) is 0 Å². The van der Waals surface area contributed by atoms with Crippen LogP contribution >= 0.6 is 23.8 Å². The van der Waals surface area contributed by atoms with E-state index in [2.05, 4.69) is 46.6 Å². The molecule has 1 fully saturated rings. The van der Waals surface area contributed by atoms with Crippen LogP contribution in [0.5, 0.6) is 0 Å². The van der Waals surface area contributed by atoms with E-state index in [0.29, 0.717) is 0 Å². The lowest BCUT2D eigenvalue weighted by Gasteiger charge is -2.34. The molecule has 25 heavy (non-hydrogen) atoms. The van der Waals surface area contributed by atoms with Crippen molar-refractivity contribution in [3.05, 3.63) is 70.7 Å². The highest BCUT2D eigenvalue weighted by Gasteiger charge is 2.21. The van der Waals surface area contributed by atoms with Gasteiger partial charge in [-0.1, -0.05) is 54.1 Å². The highest BCUT2D eigenvalue weighted by molar-refractivity contribution is 7.80. The van der Waals surface area contributed by atoms with Gasteiger partial charge in [0, 0.05) is 17.1 Å². The van der Waals surface area contributed by atoms with E-state index in [4.69, 9.17) is 23.8 Å². The fourth-order valence-corrected chi connectivity index (χ4v) is 3.57. The van der Waals surface area contributed by atoms with Crippen LogP contribution in [0.25, 0.3) is 0 Å². The number of hydrogen-bond donors (Lipinski definition) is 2. The molecule has 3 nitrogen and oxygen atoms in total. The summed E-state index contributed by atoms with van der Waals surface area (Å²) in [4.78, 5) is 3.90. The molecule has 0 aromatic heterocycles. The molecule has 0 saturated carbocycles. The molecule has 1 heterocycles. The number of benzene rings is 2. The van der Waals surface area contributed by atoms with Gasteiger partial charge >= 0.3 is 0 Å². The van der Waals surface area contributed by atoms with E-state index in [-0.39, 0.29) is 0 Å². The molecule has 2 N–H and O–H groups in total. The number of halogens is 1. The van der Waals surface area contributed by atoms with Gasteiger partial charge in [0.15, 0.2) is 5.11 Å². The van der Waals surface area contributed by atoms with Crippen molar-refractivity contribution in [2.45, 2.75) is 13.0 Å². The smallest absolute Gasteiger partial charge is 0.169 e. The normalized spacial score (nSPS) is 15.2. The molecule has 1 aliphatic heterocycles. The SMILES string of the molecule is S=C(NCCc1ccccc1)N1CC[NH+](Cc2ccc(Cl)cc2)CC1. The molecule has 0 atom stereocenters. The Morgan fingerprint density at radius 2 is 1.68 bits per heavy atom. The molecule has 0 aliphatic carbocycles. The second-order valence-corrected chi connectivity index (χ2v) is 7.33. The monoisotopic (exact) mass is 374 g/mol. The summed E-state index contributed by atoms with van der Waals surface area (Å²) >= 11 is 11.5. The van der Waals surface area contributed by atoms with Gasteiger partial charge in [-0.15, -0.1) is 0 Å². The predicted octanol–water partition coefficient (Wildman–Crippen LogP) is 2.16. The third kappa shape index (κ3) is 5.70. The largest absolute Gasteiger partial charge is 0.362 e. The number of piperazine rings is 1. The fraction of sp³-hybridized carbons (Fsp3) is 0.350. The van der Waals surface area contributed by atoms with Gasteiger partial charge in [0.1, 0.15) is 6.54 Å². The van der Waals surface area contributed by atoms with Gasteiger partial charge < -0.3 is 15.1 Å². The summed E-state index contributed by atoms with van der Waals surface area (Å²) in [5.74, 6) is 0. The van der Waals surface area contributed by atoms with E-state index < -0.39 is 0 Å². The Morgan fingerprint density at radius 3 is 2.36 bits per heavy atom. The van der Waals surface area contributed by atoms with Crippen molar-refractivity contribution < 1.29 is 4.90 Å². The average Bonchev–Trinajstić information content (AvgIpc) is 2.65. The Hall–Kier alpha value is -1.62. The lowest BCUT2D eigenvalue weighted by atomic mass is 10.1. The second-order valence-electron chi connectivity index (χ2n) is 6.51. The van der Waals surface area contributed by atoms with E-state index in [9.17, 15) is 0 Å². The Bertz CT molecular complexity index is 667. The molecule has 0 spiro atoms. The van der Waals surface area contributed by atoms with Crippen LogP contribution in [0.2, 0.25) is 5.02 Å². The van der Waals surface area contributed by atoms with Crippen molar-refractivity contribution in [2.75, 3.05) is 32.7 Å². The van der Waals surface area contributed by atoms with E-state index >= 15 is 0 Å². The van der Waals surface area contributed by atoms with Crippen LogP contribution < -0.4 is 10.2 Å². The maximum Gasteiger partial charge on any atom is 0.169 e. The molecule has 1 aliphatic rings. The highest BCUT2D eigenvalue weighted by Crippen LogP contribution is 2.08. The van der Waals surface area contributed by atoms with Crippen LogP contribution in [0.1, 0.15) is 11.1 Å². The third-order valence-electron chi connectivity index (χ3n) is 4.66. The quantitative estimate of drug-likeness (QED) is 0.782. The van der Waals surface area contributed by atoms with E-state index in [1.807, 2.05) is 18.2 Å². The molecule has 3 rings (SSSR count). The van der Waals surface area contributed by atoms with E-state index in [0.717, 1.165) is 55.8 Å². The molecule has 0 unspecified atom stereocenters. The minimum atomic E-state index is 0.801. The van der Waals surface area contributed by atoms with Crippen molar-refractivity contribution in [3.8, 4) is 0 Å². The summed E-state index contributed by atoms with van der Waals surface area (Å²) in [6.45, 7) is 6.20. The summed E-state index contributed by atoms with van der Waals surface area (Å²) < 4.78 is 0. The summed E-state index contributed by atoms with van der Waals surface area (Å²) in [6.07, 6.45) is 1.00. The summed E-state index contributed by atoms with van der Waals surface area (Å²) in [7, 11) is 0. The van der Waals surface area contributed by atoms with Gasteiger partial charge in [0.2, 0.25) is 0 Å². The van der Waals surface area contributed by atoms with Crippen molar-refractivity contribution in [3.63, 3.8) is 0 Å². The first kappa shape index (κ1) is 18.2. The molecule has 0 amide bonds. The standard InChI is InChI=1S/C20H24ClN3S/c21-19-8-6-18(7-9-19)16-23-12-14-24(15-13-23)20(25)22-11-10-17-4-2-1-3-5-17/h1-9H,10-16H2,(H,22,25)/p+1. The fourth-order valence-electron chi connectivity index (χ4n) is 3.16. The van der Waals surface area contributed by atoms with E-state index in [1.54, 1.807) is 4.90 Å². The number of nitrogens with zero attached hydrogens (tertiary/aromatic N) is 1. The maximum absolute atomic E-state index is 5.95. The molecular weight excluding hydrogens is 350 g/mol. The zero-order valence-corrected chi connectivity index (χ0v) is 16.0. The first-order valence-corrected chi connectivity index (χ1v) is 9.64. The lowest BCUT2D eigenvalue weighted by molar-refractivity contribution is -0.917. The van der Waals surface area contributed by atoms with Gasteiger partial charge in [-0.25, -0.2) is 0 Å². The van der Waals surface area contributed by atoms with Crippen molar-refractivity contribution in [1.82, 2.24) is 10.2 Å². The van der Waals surface area contributed by atoms with Crippen LogP contribution in [0.3, 0.4) is 0 Å². The average molecular weight is 375 g/mol. The number of nitrogens with one attached hydrogen (secondary N) is 2. The molecule has 132 valence electrons. The zero-order valence-electron chi connectivity index (χ0n) is 14.4. The Balaban J connectivity index is 1.38. The molecule has 2 aromatic carbocycles. The van der Waals surface area contributed by atoms with Crippen LogP contribution in [0, 0.1) is 0 Å².